The smallest absolute Gasteiger partial charge is 0.292 e. The average Bonchev–Trinajstić information content (AvgIpc) is 3.15. The molecule has 0 spiro atoms. The summed E-state index contributed by atoms with van der Waals surface area (Å²) in [7, 11) is 0. The quantitative estimate of drug-likeness (QED) is 0.632. The summed E-state index contributed by atoms with van der Waals surface area (Å²) in [6, 6.07) is 7.01. The Labute approximate surface area is 148 Å². The molecule has 0 bridgehead atoms. The van der Waals surface area contributed by atoms with Gasteiger partial charge in [-0.1, -0.05) is 25.0 Å². The number of nitro groups is 1. The normalized spacial score (nSPS) is 19.8. The minimum atomic E-state index is -0.474. The van der Waals surface area contributed by atoms with Gasteiger partial charge in [-0.05, 0) is 18.9 Å². The van der Waals surface area contributed by atoms with Crippen molar-refractivity contribution in [2.45, 2.75) is 38.1 Å². The first-order chi connectivity index (χ1) is 12.1. The fraction of sp³-hybridized carbons (Fsp3) is 0.611. The highest BCUT2D eigenvalue weighted by molar-refractivity contribution is 5.93. The number of hydrogen-bond acceptors (Lipinski definition) is 5. The van der Waals surface area contributed by atoms with E-state index in [0.29, 0.717) is 13.0 Å². The van der Waals surface area contributed by atoms with Crippen LogP contribution in [0.3, 0.4) is 0 Å². The predicted octanol–water partition coefficient (Wildman–Crippen LogP) is 2.48. The maximum atomic E-state index is 12.1. The number of hydrogen-bond donors (Lipinski definition) is 1. The Morgan fingerprint density at radius 1 is 1.16 bits per heavy atom. The number of nitrogens with one attached hydrogen (secondary N) is 1. The van der Waals surface area contributed by atoms with E-state index in [1.165, 1.54) is 31.7 Å². The first kappa shape index (κ1) is 17.8. The van der Waals surface area contributed by atoms with Gasteiger partial charge in [0.2, 0.25) is 5.91 Å². The highest BCUT2D eigenvalue weighted by Crippen LogP contribution is 2.25. The van der Waals surface area contributed by atoms with Crippen LogP contribution in [-0.4, -0.2) is 59.4 Å². The minimum Gasteiger partial charge on any atom is -0.320 e. The summed E-state index contributed by atoms with van der Waals surface area (Å²) < 4.78 is 0. The van der Waals surface area contributed by atoms with Crippen molar-refractivity contribution >= 4 is 17.3 Å². The van der Waals surface area contributed by atoms with Crippen molar-refractivity contribution in [3.63, 3.8) is 0 Å². The molecule has 0 aromatic heterocycles. The number of carbonyl (C=O) groups is 1. The number of benzene rings is 1. The highest BCUT2D eigenvalue weighted by atomic mass is 16.6. The summed E-state index contributed by atoms with van der Waals surface area (Å²) in [6.07, 6.45) is 5.74. The predicted molar refractivity (Wildman–Crippen MR) is 96.6 cm³/mol. The Morgan fingerprint density at radius 3 is 2.52 bits per heavy atom. The molecule has 7 nitrogen and oxygen atoms in total. The van der Waals surface area contributed by atoms with Gasteiger partial charge in [0.1, 0.15) is 5.69 Å². The first-order valence-corrected chi connectivity index (χ1v) is 9.13. The highest BCUT2D eigenvalue weighted by Gasteiger charge is 2.26. The van der Waals surface area contributed by atoms with E-state index < -0.39 is 4.92 Å². The van der Waals surface area contributed by atoms with Crippen molar-refractivity contribution < 1.29 is 9.72 Å². The van der Waals surface area contributed by atoms with E-state index in [1.807, 2.05) is 0 Å². The second kappa shape index (κ2) is 8.40. The summed E-state index contributed by atoms with van der Waals surface area (Å²) in [4.78, 5) is 27.6. The van der Waals surface area contributed by atoms with E-state index in [-0.39, 0.29) is 17.3 Å². The van der Waals surface area contributed by atoms with Crippen LogP contribution in [0.15, 0.2) is 24.3 Å². The molecule has 1 saturated heterocycles. The van der Waals surface area contributed by atoms with Crippen LogP contribution in [0.4, 0.5) is 11.4 Å². The van der Waals surface area contributed by atoms with Gasteiger partial charge in [0.25, 0.3) is 5.69 Å². The maximum Gasteiger partial charge on any atom is 0.292 e. The summed E-state index contributed by atoms with van der Waals surface area (Å²) in [5.74, 6) is -0.174. The van der Waals surface area contributed by atoms with Gasteiger partial charge in [0.15, 0.2) is 0 Å². The SMILES string of the molecule is O=C(CCN1CCN(C2CCCC2)CC1)Nc1ccccc1[N+](=O)[O-]. The summed E-state index contributed by atoms with van der Waals surface area (Å²) in [6.45, 7) is 4.85. The van der Waals surface area contributed by atoms with Crippen molar-refractivity contribution in [1.29, 1.82) is 0 Å². The number of amides is 1. The van der Waals surface area contributed by atoms with Crippen LogP contribution in [0.1, 0.15) is 32.1 Å². The second-order valence-corrected chi connectivity index (χ2v) is 6.89. The van der Waals surface area contributed by atoms with E-state index in [1.54, 1.807) is 18.2 Å². The van der Waals surface area contributed by atoms with E-state index in [4.69, 9.17) is 0 Å². The van der Waals surface area contributed by atoms with Crippen LogP contribution in [0.2, 0.25) is 0 Å². The van der Waals surface area contributed by atoms with E-state index in [0.717, 1.165) is 32.2 Å². The molecular formula is C18H26N4O3. The fourth-order valence-electron chi connectivity index (χ4n) is 3.83. The van der Waals surface area contributed by atoms with Crippen molar-refractivity contribution in [3.8, 4) is 0 Å². The number of anilines is 1. The third kappa shape index (κ3) is 4.76. The molecule has 1 aromatic carbocycles. The molecule has 1 heterocycles. The molecule has 2 aliphatic rings. The number of nitrogens with zero attached hydrogens (tertiary/aromatic N) is 3. The van der Waals surface area contributed by atoms with Crippen molar-refractivity contribution in [2.75, 3.05) is 38.0 Å². The topological polar surface area (TPSA) is 78.7 Å². The van der Waals surface area contributed by atoms with E-state index in [2.05, 4.69) is 15.1 Å². The first-order valence-electron chi connectivity index (χ1n) is 9.13. The molecule has 1 N–H and O–H groups in total. The lowest BCUT2D eigenvalue weighted by molar-refractivity contribution is -0.383. The van der Waals surface area contributed by atoms with Crippen LogP contribution in [0.5, 0.6) is 0 Å². The molecule has 3 rings (SSSR count). The fourth-order valence-corrected chi connectivity index (χ4v) is 3.83. The maximum absolute atomic E-state index is 12.1. The lowest BCUT2D eigenvalue weighted by atomic mass is 10.1. The zero-order chi connectivity index (χ0) is 17.6. The van der Waals surface area contributed by atoms with Crippen LogP contribution >= 0.6 is 0 Å². The van der Waals surface area contributed by atoms with Crippen LogP contribution in [0, 0.1) is 10.1 Å². The second-order valence-electron chi connectivity index (χ2n) is 6.89. The van der Waals surface area contributed by atoms with Crippen molar-refractivity contribution in [1.82, 2.24) is 9.80 Å². The molecule has 0 radical (unpaired) electrons. The van der Waals surface area contributed by atoms with Crippen LogP contribution in [0.25, 0.3) is 0 Å². The molecule has 25 heavy (non-hydrogen) atoms. The Hall–Kier alpha value is -1.99. The Balaban J connectivity index is 1.42. The summed E-state index contributed by atoms with van der Waals surface area (Å²) in [5.41, 5.74) is 0.199. The summed E-state index contributed by atoms with van der Waals surface area (Å²) >= 11 is 0. The minimum absolute atomic E-state index is 0.0685. The number of rotatable bonds is 6. The molecule has 0 unspecified atom stereocenters. The van der Waals surface area contributed by atoms with Gasteiger partial charge in [0.05, 0.1) is 4.92 Å². The standard InChI is InChI=1S/C18H26N4O3/c23-18(19-16-7-3-4-8-17(16)22(24)25)9-10-20-11-13-21(14-12-20)15-5-1-2-6-15/h3-4,7-8,15H,1-2,5-6,9-14H2,(H,19,23). The van der Waals surface area contributed by atoms with E-state index >= 15 is 0 Å². The Bertz CT molecular complexity index is 608. The van der Waals surface area contributed by atoms with Gasteiger partial charge >= 0.3 is 0 Å². The van der Waals surface area contributed by atoms with Crippen molar-refractivity contribution in [2.24, 2.45) is 0 Å². The summed E-state index contributed by atoms with van der Waals surface area (Å²) in [5, 5.41) is 13.7. The lowest BCUT2D eigenvalue weighted by Crippen LogP contribution is -2.50. The van der Waals surface area contributed by atoms with Gasteiger partial charge < -0.3 is 10.2 Å². The number of piperazine rings is 1. The molecule has 1 saturated carbocycles. The zero-order valence-corrected chi connectivity index (χ0v) is 14.5. The number of carbonyl (C=O) groups excluding carboxylic acids is 1. The van der Waals surface area contributed by atoms with Gasteiger partial charge in [-0.2, -0.15) is 0 Å². The van der Waals surface area contributed by atoms with Crippen LogP contribution < -0.4 is 5.32 Å². The van der Waals surface area contributed by atoms with Gasteiger partial charge in [-0.25, -0.2) is 0 Å². The molecule has 136 valence electrons. The lowest BCUT2D eigenvalue weighted by Gasteiger charge is -2.38. The third-order valence-corrected chi connectivity index (χ3v) is 5.28. The van der Waals surface area contributed by atoms with Gasteiger partial charge in [-0.3, -0.25) is 19.8 Å². The molecular weight excluding hydrogens is 320 g/mol. The molecule has 1 aliphatic heterocycles. The molecule has 0 atom stereocenters. The Morgan fingerprint density at radius 2 is 1.84 bits per heavy atom. The Kier molecular flexibility index (Phi) is 5.99. The van der Waals surface area contributed by atoms with Crippen molar-refractivity contribution in [3.05, 3.63) is 34.4 Å². The molecule has 1 aliphatic carbocycles. The molecule has 1 amide bonds. The van der Waals surface area contributed by atoms with Gasteiger partial charge in [0, 0.05) is 51.3 Å². The average molecular weight is 346 g/mol. The third-order valence-electron chi connectivity index (χ3n) is 5.28. The van der Waals surface area contributed by atoms with E-state index in [9.17, 15) is 14.9 Å². The largest absolute Gasteiger partial charge is 0.320 e. The van der Waals surface area contributed by atoms with Gasteiger partial charge in [-0.15, -0.1) is 0 Å². The zero-order valence-electron chi connectivity index (χ0n) is 14.5. The molecule has 2 fully saturated rings. The molecule has 1 aromatic rings. The molecule has 7 heteroatoms. The number of nitro benzene ring substituents is 1. The van der Waals surface area contributed by atoms with Crippen LogP contribution in [-0.2, 0) is 4.79 Å². The monoisotopic (exact) mass is 346 g/mol. The number of para-hydroxylation sites is 2.